The Balaban J connectivity index is 1.80. The van der Waals surface area contributed by atoms with Crippen molar-refractivity contribution in [2.75, 3.05) is 26.7 Å². The molecule has 1 aliphatic heterocycles. The van der Waals surface area contributed by atoms with Crippen LogP contribution in [0.15, 0.2) is 6.08 Å². The second-order valence-electron chi connectivity index (χ2n) is 13.6. The molecular formula is C34H62N3O3S+. The van der Waals surface area contributed by atoms with Gasteiger partial charge in [0.15, 0.2) is 0 Å². The predicted molar refractivity (Wildman–Crippen MR) is 173 cm³/mol. The lowest BCUT2D eigenvalue weighted by Gasteiger charge is -2.47. The third kappa shape index (κ3) is 13.6. The zero-order chi connectivity index (χ0) is 30.0. The molecule has 7 heteroatoms. The van der Waals surface area contributed by atoms with Gasteiger partial charge in [-0.1, -0.05) is 131 Å². The third-order valence-corrected chi connectivity index (χ3v) is 8.86. The van der Waals surface area contributed by atoms with E-state index in [2.05, 4.69) is 56.5 Å². The van der Waals surface area contributed by atoms with Gasteiger partial charge in [-0.15, -0.1) is 4.37 Å². The minimum Gasteiger partial charge on any atom is -0.475 e. The van der Waals surface area contributed by atoms with E-state index in [1.807, 2.05) is 0 Å². The first-order valence-corrected chi connectivity index (χ1v) is 17.6. The zero-order valence-corrected chi connectivity index (χ0v) is 28.3. The van der Waals surface area contributed by atoms with Crippen molar-refractivity contribution in [1.82, 2.24) is 8.75 Å². The SMILES string of the molecule is CCCCCCCCCCCCCCC(=O)OC(C(C)(C)C)[N+]1(C)CCC=C(c2nsnc2OCCCCCC)C1. The summed E-state index contributed by atoms with van der Waals surface area (Å²) in [4.78, 5) is 13.0. The third-order valence-electron chi connectivity index (χ3n) is 8.35. The summed E-state index contributed by atoms with van der Waals surface area (Å²) in [7, 11) is 2.23. The fourth-order valence-corrected chi connectivity index (χ4v) is 6.67. The number of hydrogen-bond donors (Lipinski definition) is 0. The van der Waals surface area contributed by atoms with Crippen LogP contribution in [-0.4, -0.2) is 52.2 Å². The van der Waals surface area contributed by atoms with Gasteiger partial charge in [0.2, 0.25) is 6.23 Å². The van der Waals surface area contributed by atoms with Crippen LogP contribution in [0.2, 0.25) is 0 Å². The van der Waals surface area contributed by atoms with Gasteiger partial charge in [-0.2, -0.15) is 4.37 Å². The monoisotopic (exact) mass is 592 g/mol. The molecular weight excluding hydrogens is 530 g/mol. The number of esters is 1. The standard InChI is InChI=1S/C34H62N3O3S/c1-7-9-11-13-14-15-16-17-18-19-20-21-25-30(38)40-33(34(3,4)5)37(6)26-23-24-29(28-37)31-32(36-41-35-31)39-27-22-12-10-8-2/h24,33H,7-23,25-28H2,1-6H3/q+1. The van der Waals surface area contributed by atoms with Crippen molar-refractivity contribution in [3.8, 4) is 5.88 Å². The van der Waals surface area contributed by atoms with Crippen LogP contribution in [0.4, 0.5) is 0 Å². The van der Waals surface area contributed by atoms with Gasteiger partial charge in [-0.25, -0.2) is 0 Å². The molecule has 0 aromatic carbocycles. The molecule has 0 N–H and O–H groups in total. The van der Waals surface area contributed by atoms with E-state index < -0.39 is 0 Å². The van der Waals surface area contributed by atoms with Crippen LogP contribution in [0.5, 0.6) is 5.88 Å². The van der Waals surface area contributed by atoms with Gasteiger partial charge in [-0.3, -0.25) is 9.28 Å². The Bertz CT molecular complexity index is 879. The van der Waals surface area contributed by atoms with Crippen molar-refractivity contribution in [3.05, 3.63) is 11.8 Å². The van der Waals surface area contributed by atoms with E-state index in [9.17, 15) is 4.79 Å². The molecule has 2 rings (SSSR count). The molecule has 0 aliphatic carbocycles. The molecule has 2 unspecified atom stereocenters. The minimum absolute atomic E-state index is 0.0566. The topological polar surface area (TPSA) is 61.3 Å². The number of unbranched alkanes of at least 4 members (excludes halogenated alkanes) is 14. The van der Waals surface area contributed by atoms with Gasteiger partial charge in [0.25, 0.3) is 5.88 Å². The number of likely N-dealkylation sites (N-methyl/N-ethyl adjacent to an activating group) is 1. The van der Waals surface area contributed by atoms with Crippen molar-refractivity contribution in [1.29, 1.82) is 0 Å². The number of rotatable bonds is 22. The molecule has 0 bridgehead atoms. The molecule has 0 saturated carbocycles. The fourth-order valence-electron chi connectivity index (χ4n) is 6.14. The summed E-state index contributed by atoms with van der Waals surface area (Å²) in [5.74, 6) is 0.598. The number of quaternary nitrogens is 1. The van der Waals surface area contributed by atoms with E-state index >= 15 is 0 Å². The molecule has 0 fully saturated rings. The largest absolute Gasteiger partial charge is 0.475 e. The van der Waals surface area contributed by atoms with Crippen molar-refractivity contribution in [2.24, 2.45) is 5.41 Å². The Hall–Kier alpha value is -1.47. The Morgan fingerprint density at radius 3 is 2.02 bits per heavy atom. The van der Waals surface area contributed by atoms with Crippen molar-refractivity contribution in [3.63, 3.8) is 0 Å². The first-order valence-electron chi connectivity index (χ1n) is 16.9. The lowest BCUT2D eigenvalue weighted by Crippen LogP contribution is -2.61. The minimum atomic E-state index is -0.221. The van der Waals surface area contributed by atoms with Crippen LogP contribution in [0.3, 0.4) is 0 Å². The van der Waals surface area contributed by atoms with Gasteiger partial charge in [0.1, 0.15) is 12.2 Å². The smallest absolute Gasteiger partial charge is 0.310 e. The average molecular weight is 593 g/mol. The summed E-state index contributed by atoms with van der Waals surface area (Å²) in [6, 6.07) is 0. The van der Waals surface area contributed by atoms with Gasteiger partial charge < -0.3 is 9.47 Å². The molecule has 0 amide bonds. The summed E-state index contributed by atoms with van der Waals surface area (Å²) < 4.78 is 22.1. The second kappa shape index (κ2) is 19.7. The number of nitrogens with zero attached hydrogens (tertiary/aromatic N) is 3. The quantitative estimate of drug-likeness (QED) is 0.0762. The first kappa shape index (κ1) is 35.7. The Morgan fingerprint density at radius 2 is 1.44 bits per heavy atom. The maximum atomic E-state index is 13.0. The molecule has 0 spiro atoms. The van der Waals surface area contributed by atoms with Crippen molar-refractivity contribution in [2.45, 2.75) is 156 Å². The fraction of sp³-hybridized carbons (Fsp3) is 0.853. The summed E-state index contributed by atoms with van der Waals surface area (Å²) in [6.45, 7) is 13.4. The first-order chi connectivity index (χ1) is 19.7. The van der Waals surface area contributed by atoms with Gasteiger partial charge in [0, 0.05) is 18.4 Å². The summed E-state index contributed by atoms with van der Waals surface area (Å²) >= 11 is 1.22. The number of hydrogen-bond acceptors (Lipinski definition) is 6. The van der Waals surface area contributed by atoms with Gasteiger partial charge >= 0.3 is 5.97 Å². The highest BCUT2D eigenvalue weighted by Crippen LogP contribution is 2.37. The number of carbonyl (C=O) groups is 1. The molecule has 1 aliphatic rings. The lowest BCUT2D eigenvalue weighted by atomic mass is 9.89. The van der Waals surface area contributed by atoms with Crippen LogP contribution in [0.1, 0.15) is 156 Å². The van der Waals surface area contributed by atoms with E-state index in [1.54, 1.807) is 0 Å². The zero-order valence-electron chi connectivity index (χ0n) is 27.5. The Kier molecular flexibility index (Phi) is 17.1. The number of ether oxygens (including phenoxy) is 2. The molecule has 236 valence electrons. The normalized spacial score (nSPS) is 18.2. The Labute approximate surface area is 256 Å². The number of aromatic nitrogens is 2. The molecule has 2 heterocycles. The molecule has 1 aromatic rings. The van der Waals surface area contributed by atoms with Crippen LogP contribution in [0.25, 0.3) is 5.57 Å². The summed E-state index contributed by atoms with van der Waals surface area (Å²) in [5.41, 5.74) is 1.84. The highest BCUT2D eigenvalue weighted by atomic mass is 32.1. The molecule has 0 saturated heterocycles. The van der Waals surface area contributed by atoms with E-state index in [0.717, 1.165) is 50.0 Å². The number of carbonyl (C=O) groups excluding carboxylic acids is 1. The van der Waals surface area contributed by atoms with Crippen LogP contribution >= 0.6 is 11.7 Å². The molecule has 6 nitrogen and oxygen atoms in total. The highest BCUT2D eigenvalue weighted by molar-refractivity contribution is 6.99. The van der Waals surface area contributed by atoms with Gasteiger partial charge in [0.05, 0.1) is 37.3 Å². The summed E-state index contributed by atoms with van der Waals surface area (Å²) in [5, 5.41) is 0. The van der Waals surface area contributed by atoms with Crippen molar-refractivity contribution < 1.29 is 18.8 Å². The van der Waals surface area contributed by atoms with E-state index in [-0.39, 0.29) is 17.6 Å². The van der Waals surface area contributed by atoms with Crippen molar-refractivity contribution >= 4 is 23.3 Å². The predicted octanol–water partition coefficient (Wildman–Crippen LogP) is 9.74. The maximum absolute atomic E-state index is 13.0. The van der Waals surface area contributed by atoms with Crippen LogP contribution in [0, 0.1) is 5.41 Å². The van der Waals surface area contributed by atoms with Gasteiger partial charge in [-0.05, 0) is 12.8 Å². The molecule has 1 aromatic heterocycles. The van der Waals surface area contributed by atoms with E-state index in [0.29, 0.717) is 23.4 Å². The second-order valence-corrected chi connectivity index (χ2v) is 14.1. The van der Waals surface area contributed by atoms with E-state index in [1.165, 1.54) is 95.2 Å². The highest BCUT2D eigenvalue weighted by Gasteiger charge is 2.46. The van der Waals surface area contributed by atoms with Crippen LogP contribution < -0.4 is 4.74 Å². The average Bonchev–Trinajstić information content (AvgIpc) is 3.40. The Morgan fingerprint density at radius 1 is 0.878 bits per heavy atom. The molecule has 41 heavy (non-hydrogen) atoms. The maximum Gasteiger partial charge on any atom is 0.310 e. The summed E-state index contributed by atoms with van der Waals surface area (Å²) in [6.07, 6.45) is 23.7. The van der Waals surface area contributed by atoms with E-state index in [4.69, 9.17) is 9.47 Å². The lowest BCUT2D eigenvalue weighted by molar-refractivity contribution is -0.954. The van der Waals surface area contributed by atoms with Crippen LogP contribution in [-0.2, 0) is 9.53 Å². The molecule has 2 atom stereocenters. The molecule has 0 radical (unpaired) electrons.